The minimum atomic E-state index is -0.533. The van der Waals surface area contributed by atoms with E-state index >= 15 is 0 Å². The van der Waals surface area contributed by atoms with E-state index < -0.39 is 6.17 Å². The summed E-state index contributed by atoms with van der Waals surface area (Å²) in [6.07, 6.45) is 4.74. The zero-order valence-electron chi connectivity index (χ0n) is 13.0. The topological polar surface area (TPSA) is 52.6 Å². The number of aryl methyl sites for hydroxylation is 1. The first-order valence-corrected chi connectivity index (χ1v) is 7.47. The van der Waals surface area contributed by atoms with Crippen molar-refractivity contribution in [1.82, 2.24) is 10.2 Å². The van der Waals surface area contributed by atoms with Crippen LogP contribution in [0.3, 0.4) is 0 Å². The van der Waals surface area contributed by atoms with Gasteiger partial charge in [0, 0.05) is 23.5 Å². The van der Waals surface area contributed by atoms with Gasteiger partial charge >= 0.3 is 0 Å². The zero-order valence-corrected chi connectivity index (χ0v) is 13.0. The first-order valence-electron chi connectivity index (χ1n) is 7.47. The third-order valence-corrected chi connectivity index (χ3v) is 4.15. The molecule has 2 aliphatic rings. The number of aliphatic hydroxyl groups excluding tert-OH is 1. The van der Waals surface area contributed by atoms with Crippen LogP contribution in [0.2, 0.25) is 0 Å². The normalized spacial score (nSPS) is 20.9. The standard InChI is InChI=1S/C18H20N2O2/c1-11(2)15-10-19-17-16(21)14(8-9-20(17)18(15)22)13-7-5-4-6-12(13)3/h4-11,17,19,21H,1-3H3. The maximum Gasteiger partial charge on any atom is 0.257 e. The third-order valence-electron chi connectivity index (χ3n) is 4.15. The summed E-state index contributed by atoms with van der Waals surface area (Å²) in [6.45, 7) is 5.97. The molecule has 1 atom stereocenters. The molecule has 0 radical (unpaired) electrons. The number of hydrogen-bond acceptors (Lipinski definition) is 3. The number of nitrogens with one attached hydrogen (secondary N) is 1. The quantitative estimate of drug-likeness (QED) is 0.882. The van der Waals surface area contributed by atoms with Crippen LogP contribution in [0.1, 0.15) is 25.0 Å². The molecule has 0 saturated heterocycles. The van der Waals surface area contributed by atoms with Crippen LogP contribution >= 0.6 is 0 Å². The minimum Gasteiger partial charge on any atom is -0.507 e. The average molecular weight is 296 g/mol. The van der Waals surface area contributed by atoms with Gasteiger partial charge in [-0.05, 0) is 30.0 Å². The Labute approximate surface area is 130 Å². The lowest BCUT2D eigenvalue weighted by atomic mass is 9.94. The van der Waals surface area contributed by atoms with E-state index in [0.717, 1.165) is 16.7 Å². The Bertz CT molecular complexity index is 714. The van der Waals surface area contributed by atoms with E-state index in [1.165, 1.54) is 0 Å². The maximum absolute atomic E-state index is 12.5. The van der Waals surface area contributed by atoms with E-state index in [1.54, 1.807) is 23.4 Å². The van der Waals surface area contributed by atoms with Crippen LogP contribution in [0.4, 0.5) is 0 Å². The molecule has 2 heterocycles. The van der Waals surface area contributed by atoms with Gasteiger partial charge in [0.2, 0.25) is 0 Å². The minimum absolute atomic E-state index is 0.0645. The van der Waals surface area contributed by atoms with E-state index in [-0.39, 0.29) is 17.6 Å². The van der Waals surface area contributed by atoms with E-state index in [4.69, 9.17) is 0 Å². The van der Waals surface area contributed by atoms with E-state index in [0.29, 0.717) is 5.57 Å². The predicted octanol–water partition coefficient (Wildman–Crippen LogP) is 3.09. The van der Waals surface area contributed by atoms with Gasteiger partial charge in [-0.1, -0.05) is 38.1 Å². The van der Waals surface area contributed by atoms with Gasteiger partial charge in [0.1, 0.15) is 5.76 Å². The lowest BCUT2D eigenvalue weighted by Gasteiger charge is -2.37. The Morgan fingerprint density at radius 2 is 2.00 bits per heavy atom. The van der Waals surface area contributed by atoms with Crippen LogP contribution in [0.15, 0.2) is 54.1 Å². The third kappa shape index (κ3) is 2.21. The smallest absolute Gasteiger partial charge is 0.257 e. The molecular weight excluding hydrogens is 276 g/mol. The molecule has 1 aromatic carbocycles. The van der Waals surface area contributed by atoms with Crippen LogP contribution in [0.5, 0.6) is 0 Å². The molecule has 0 fully saturated rings. The Hall–Kier alpha value is -2.49. The number of allylic oxidation sites excluding steroid dienone is 2. The van der Waals surface area contributed by atoms with Gasteiger partial charge in [0.05, 0.1) is 0 Å². The highest BCUT2D eigenvalue weighted by Crippen LogP contribution is 2.31. The highest BCUT2D eigenvalue weighted by atomic mass is 16.3. The lowest BCUT2D eigenvalue weighted by Crippen LogP contribution is -2.51. The van der Waals surface area contributed by atoms with Gasteiger partial charge in [0.25, 0.3) is 5.91 Å². The van der Waals surface area contributed by atoms with Crippen LogP contribution in [0, 0.1) is 12.8 Å². The Morgan fingerprint density at radius 1 is 1.27 bits per heavy atom. The van der Waals surface area contributed by atoms with Crippen molar-refractivity contribution in [2.24, 2.45) is 5.92 Å². The average Bonchev–Trinajstić information content (AvgIpc) is 2.49. The summed E-state index contributed by atoms with van der Waals surface area (Å²) < 4.78 is 0. The van der Waals surface area contributed by atoms with Crippen molar-refractivity contribution in [3.63, 3.8) is 0 Å². The summed E-state index contributed by atoms with van der Waals surface area (Å²) in [6, 6.07) is 7.89. The van der Waals surface area contributed by atoms with Gasteiger partial charge in [0.15, 0.2) is 6.17 Å². The fraction of sp³-hybridized carbons (Fsp3) is 0.278. The number of amides is 1. The number of fused-ring (bicyclic) bond motifs is 1. The Kier molecular flexibility index (Phi) is 3.53. The molecule has 1 aromatic rings. The number of benzene rings is 1. The monoisotopic (exact) mass is 296 g/mol. The molecule has 0 saturated carbocycles. The molecule has 1 unspecified atom stereocenters. The van der Waals surface area contributed by atoms with Gasteiger partial charge in [-0.15, -0.1) is 0 Å². The van der Waals surface area contributed by atoms with Gasteiger partial charge in [-0.3, -0.25) is 9.69 Å². The number of carbonyl (C=O) groups excluding carboxylic acids is 1. The summed E-state index contributed by atoms with van der Waals surface area (Å²) in [7, 11) is 0. The zero-order chi connectivity index (χ0) is 15.9. The van der Waals surface area contributed by atoms with Crippen molar-refractivity contribution in [3.05, 3.63) is 65.2 Å². The number of rotatable bonds is 2. The Balaban J connectivity index is 2.02. The molecule has 0 bridgehead atoms. The molecular formula is C18H20N2O2. The van der Waals surface area contributed by atoms with Crippen molar-refractivity contribution in [2.75, 3.05) is 0 Å². The summed E-state index contributed by atoms with van der Waals surface area (Å²) in [5.74, 6) is 0.243. The van der Waals surface area contributed by atoms with Crippen LogP contribution < -0.4 is 5.32 Å². The second kappa shape index (κ2) is 5.37. The van der Waals surface area contributed by atoms with Gasteiger partial charge in [-0.25, -0.2) is 0 Å². The summed E-state index contributed by atoms with van der Waals surface area (Å²) in [4.78, 5) is 14.0. The molecule has 3 rings (SSSR count). The summed E-state index contributed by atoms with van der Waals surface area (Å²) in [5.41, 5.74) is 3.53. The Morgan fingerprint density at radius 3 is 2.68 bits per heavy atom. The molecule has 0 spiro atoms. The molecule has 2 aliphatic heterocycles. The van der Waals surface area contributed by atoms with E-state index in [2.05, 4.69) is 5.32 Å². The number of hydrogen-bond donors (Lipinski definition) is 2. The second-order valence-corrected chi connectivity index (χ2v) is 5.97. The number of carbonyl (C=O) groups is 1. The number of nitrogens with zero attached hydrogens (tertiary/aromatic N) is 1. The molecule has 22 heavy (non-hydrogen) atoms. The van der Waals surface area contributed by atoms with Crippen molar-refractivity contribution in [3.8, 4) is 0 Å². The molecule has 114 valence electrons. The predicted molar refractivity (Wildman–Crippen MR) is 86.6 cm³/mol. The van der Waals surface area contributed by atoms with Gasteiger partial charge in [-0.2, -0.15) is 0 Å². The summed E-state index contributed by atoms with van der Waals surface area (Å²) >= 11 is 0. The number of aliphatic hydroxyl groups is 1. The van der Waals surface area contributed by atoms with Crippen LogP contribution in [0.25, 0.3) is 5.57 Å². The molecule has 0 aliphatic carbocycles. The fourth-order valence-corrected chi connectivity index (χ4v) is 2.85. The van der Waals surface area contributed by atoms with E-state index in [1.807, 2.05) is 45.0 Å². The van der Waals surface area contributed by atoms with Crippen LogP contribution in [-0.2, 0) is 4.79 Å². The van der Waals surface area contributed by atoms with Crippen molar-refractivity contribution in [2.45, 2.75) is 26.9 Å². The van der Waals surface area contributed by atoms with Crippen molar-refractivity contribution < 1.29 is 9.90 Å². The molecule has 4 nitrogen and oxygen atoms in total. The van der Waals surface area contributed by atoms with Gasteiger partial charge < -0.3 is 10.4 Å². The fourth-order valence-electron chi connectivity index (χ4n) is 2.85. The lowest BCUT2D eigenvalue weighted by molar-refractivity contribution is -0.128. The molecule has 4 heteroatoms. The second-order valence-electron chi connectivity index (χ2n) is 5.97. The molecule has 1 amide bonds. The first-order chi connectivity index (χ1) is 10.5. The molecule has 0 aromatic heterocycles. The summed E-state index contributed by atoms with van der Waals surface area (Å²) in [5, 5.41) is 13.8. The maximum atomic E-state index is 12.5. The first kappa shape index (κ1) is 14.4. The van der Waals surface area contributed by atoms with Crippen molar-refractivity contribution in [1.29, 1.82) is 0 Å². The molecule has 2 N–H and O–H groups in total. The van der Waals surface area contributed by atoms with E-state index in [9.17, 15) is 9.90 Å². The largest absolute Gasteiger partial charge is 0.507 e. The van der Waals surface area contributed by atoms with Crippen LogP contribution in [-0.4, -0.2) is 22.1 Å². The highest BCUT2D eigenvalue weighted by Gasteiger charge is 2.35. The SMILES string of the molecule is Cc1ccccc1C1=C(O)C2NC=C(C(C)C)C(=O)N2C=C1. The van der Waals surface area contributed by atoms with Crippen molar-refractivity contribution >= 4 is 11.5 Å². The highest BCUT2D eigenvalue weighted by molar-refractivity contribution is 5.97.